The highest BCUT2D eigenvalue weighted by Crippen LogP contribution is 2.29. The first-order chi connectivity index (χ1) is 13.2. The van der Waals surface area contributed by atoms with Crippen molar-refractivity contribution in [3.05, 3.63) is 65.7 Å². The van der Waals surface area contributed by atoms with Crippen molar-refractivity contribution in [3.63, 3.8) is 0 Å². The van der Waals surface area contributed by atoms with Crippen LogP contribution in [-0.2, 0) is 11.4 Å². The van der Waals surface area contributed by atoms with Gasteiger partial charge < -0.3 is 14.4 Å². The van der Waals surface area contributed by atoms with Gasteiger partial charge in [-0.25, -0.2) is 0 Å². The van der Waals surface area contributed by atoms with Gasteiger partial charge in [0.05, 0.1) is 7.11 Å². The summed E-state index contributed by atoms with van der Waals surface area (Å²) in [5.74, 6) is 2.14. The maximum absolute atomic E-state index is 12.3. The Balaban J connectivity index is 1.62. The zero-order valence-electron chi connectivity index (χ0n) is 16.1. The number of carbonyl (C=O) groups excluding carboxylic acids is 1. The Morgan fingerprint density at radius 1 is 1.11 bits per heavy atom. The first kappa shape index (κ1) is 19.0. The van der Waals surface area contributed by atoms with Crippen molar-refractivity contribution in [2.45, 2.75) is 26.4 Å². The summed E-state index contributed by atoms with van der Waals surface area (Å²) in [6, 6.07) is 15.7. The van der Waals surface area contributed by atoms with Gasteiger partial charge >= 0.3 is 0 Å². The Kier molecular flexibility index (Phi) is 6.53. The number of methoxy groups -OCH3 is 1. The Hall–Kier alpha value is -2.75. The van der Waals surface area contributed by atoms with Crippen LogP contribution in [0.1, 0.15) is 30.9 Å². The summed E-state index contributed by atoms with van der Waals surface area (Å²) >= 11 is 0. The van der Waals surface area contributed by atoms with Crippen LogP contribution in [0.4, 0.5) is 0 Å². The number of nitrogens with zero attached hydrogens (tertiary/aromatic N) is 1. The molecule has 0 aromatic heterocycles. The molecule has 0 spiro atoms. The van der Waals surface area contributed by atoms with Crippen LogP contribution in [0.3, 0.4) is 0 Å². The number of benzene rings is 2. The highest BCUT2D eigenvalue weighted by atomic mass is 16.5. The van der Waals surface area contributed by atoms with Crippen LogP contribution in [-0.4, -0.2) is 31.0 Å². The zero-order chi connectivity index (χ0) is 19.1. The first-order valence-electron chi connectivity index (χ1n) is 9.47. The number of ether oxygens (including phenoxy) is 2. The van der Waals surface area contributed by atoms with Crippen molar-refractivity contribution in [1.82, 2.24) is 4.90 Å². The quantitative estimate of drug-likeness (QED) is 0.705. The first-order valence-corrected chi connectivity index (χ1v) is 9.47. The molecule has 0 N–H and O–H groups in total. The molecule has 0 atom stereocenters. The Morgan fingerprint density at radius 3 is 2.56 bits per heavy atom. The molecule has 3 rings (SSSR count). The van der Waals surface area contributed by atoms with Crippen LogP contribution in [0.5, 0.6) is 11.5 Å². The summed E-state index contributed by atoms with van der Waals surface area (Å²) in [7, 11) is 1.62. The molecular weight excluding hydrogens is 338 g/mol. The molecule has 1 aliphatic heterocycles. The average molecular weight is 365 g/mol. The molecule has 1 fully saturated rings. The summed E-state index contributed by atoms with van der Waals surface area (Å²) in [6.45, 7) is 4.42. The number of hydrogen-bond donors (Lipinski definition) is 0. The van der Waals surface area contributed by atoms with Crippen LogP contribution in [0.15, 0.2) is 54.6 Å². The van der Waals surface area contributed by atoms with E-state index in [-0.39, 0.29) is 5.91 Å². The fourth-order valence-electron chi connectivity index (χ4n) is 3.14. The van der Waals surface area contributed by atoms with Gasteiger partial charge in [0.1, 0.15) is 6.61 Å². The lowest BCUT2D eigenvalue weighted by molar-refractivity contribution is -0.127. The Labute approximate surface area is 161 Å². The Morgan fingerprint density at radius 2 is 1.85 bits per heavy atom. The molecule has 0 aliphatic carbocycles. The van der Waals surface area contributed by atoms with Crippen molar-refractivity contribution >= 4 is 12.0 Å². The predicted octanol–water partition coefficient (Wildman–Crippen LogP) is 4.55. The molecule has 2 aromatic carbocycles. The summed E-state index contributed by atoms with van der Waals surface area (Å²) < 4.78 is 11.3. The molecule has 2 aromatic rings. The zero-order valence-corrected chi connectivity index (χ0v) is 16.1. The lowest BCUT2D eigenvalue weighted by Gasteiger charge is -2.29. The molecule has 4 nitrogen and oxygen atoms in total. The molecule has 1 aliphatic rings. The van der Waals surface area contributed by atoms with Crippen LogP contribution in [0, 0.1) is 5.92 Å². The van der Waals surface area contributed by atoms with Gasteiger partial charge in [0.15, 0.2) is 11.5 Å². The normalized spacial score (nSPS) is 15.1. The van der Waals surface area contributed by atoms with Gasteiger partial charge in [-0.3, -0.25) is 4.79 Å². The van der Waals surface area contributed by atoms with Crippen LogP contribution in [0.25, 0.3) is 6.08 Å². The van der Waals surface area contributed by atoms with Gasteiger partial charge in [0.2, 0.25) is 5.91 Å². The predicted molar refractivity (Wildman–Crippen MR) is 108 cm³/mol. The molecular formula is C23H27NO3. The number of amides is 1. The van der Waals surface area contributed by atoms with Gasteiger partial charge in [-0.05, 0) is 48.1 Å². The summed E-state index contributed by atoms with van der Waals surface area (Å²) in [6.07, 6.45) is 5.65. The molecule has 27 heavy (non-hydrogen) atoms. The highest BCUT2D eigenvalue weighted by molar-refractivity contribution is 5.91. The third kappa shape index (κ3) is 5.36. The second-order valence-electron chi connectivity index (χ2n) is 7.03. The van der Waals surface area contributed by atoms with Crippen molar-refractivity contribution in [1.29, 1.82) is 0 Å². The number of piperidine rings is 1. The fourth-order valence-corrected chi connectivity index (χ4v) is 3.14. The number of likely N-dealkylation sites (tertiary alicyclic amines) is 1. The maximum Gasteiger partial charge on any atom is 0.246 e. The van der Waals surface area contributed by atoms with E-state index >= 15 is 0 Å². The molecule has 4 heteroatoms. The lowest BCUT2D eigenvalue weighted by Crippen LogP contribution is -2.36. The third-order valence-electron chi connectivity index (χ3n) is 4.94. The molecule has 0 bridgehead atoms. The van der Waals surface area contributed by atoms with E-state index in [0.717, 1.165) is 37.1 Å². The number of carbonyl (C=O) groups is 1. The van der Waals surface area contributed by atoms with Gasteiger partial charge in [0.25, 0.3) is 0 Å². The summed E-state index contributed by atoms with van der Waals surface area (Å²) in [5.41, 5.74) is 2.02. The summed E-state index contributed by atoms with van der Waals surface area (Å²) in [4.78, 5) is 14.3. The second-order valence-corrected chi connectivity index (χ2v) is 7.03. The van der Waals surface area contributed by atoms with E-state index in [4.69, 9.17) is 9.47 Å². The minimum absolute atomic E-state index is 0.0743. The monoisotopic (exact) mass is 365 g/mol. The molecule has 1 amide bonds. The van der Waals surface area contributed by atoms with Crippen molar-refractivity contribution in [2.75, 3.05) is 20.2 Å². The second kappa shape index (κ2) is 9.26. The van der Waals surface area contributed by atoms with E-state index in [1.807, 2.05) is 59.5 Å². The smallest absolute Gasteiger partial charge is 0.246 e. The van der Waals surface area contributed by atoms with Crippen LogP contribution in [0.2, 0.25) is 0 Å². The number of hydrogen-bond acceptors (Lipinski definition) is 3. The molecule has 1 heterocycles. The maximum atomic E-state index is 12.3. The largest absolute Gasteiger partial charge is 0.493 e. The van der Waals surface area contributed by atoms with E-state index < -0.39 is 0 Å². The molecule has 0 saturated carbocycles. The average Bonchev–Trinajstić information content (AvgIpc) is 2.72. The van der Waals surface area contributed by atoms with Crippen molar-refractivity contribution in [3.8, 4) is 11.5 Å². The van der Waals surface area contributed by atoms with E-state index in [9.17, 15) is 4.79 Å². The SMILES string of the molecule is COc1cc(/C=C/C(=O)N2CCC(C)CC2)ccc1OCc1ccccc1. The summed E-state index contributed by atoms with van der Waals surface area (Å²) in [5, 5.41) is 0. The minimum Gasteiger partial charge on any atom is -0.493 e. The number of rotatable bonds is 6. The minimum atomic E-state index is 0.0743. The highest BCUT2D eigenvalue weighted by Gasteiger charge is 2.18. The standard InChI is InChI=1S/C23H27NO3/c1-18-12-14-24(15-13-18)23(25)11-9-19-8-10-21(22(16-19)26-2)27-17-20-6-4-3-5-7-20/h3-11,16,18H,12-15,17H2,1-2H3/b11-9+. The molecule has 0 radical (unpaired) electrons. The van der Waals surface area contributed by atoms with E-state index in [1.54, 1.807) is 13.2 Å². The molecule has 0 unspecified atom stereocenters. The van der Waals surface area contributed by atoms with Crippen molar-refractivity contribution < 1.29 is 14.3 Å². The fraction of sp³-hybridized carbons (Fsp3) is 0.348. The third-order valence-corrected chi connectivity index (χ3v) is 4.94. The van der Waals surface area contributed by atoms with Gasteiger partial charge in [-0.2, -0.15) is 0 Å². The van der Waals surface area contributed by atoms with E-state index in [2.05, 4.69) is 6.92 Å². The lowest BCUT2D eigenvalue weighted by atomic mass is 9.99. The molecule has 1 saturated heterocycles. The van der Waals surface area contributed by atoms with Crippen LogP contribution < -0.4 is 9.47 Å². The van der Waals surface area contributed by atoms with E-state index in [0.29, 0.717) is 24.0 Å². The van der Waals surface area contributed by atoms with Crippen LogP contribution >= 0.6 is 0 Å². The van der Waals surface area contributed by atoms with E-state index in [1.165, 1.54) is 0 Å². The Bertz CT molecular complexity index is 777. The van der Waals surface area contributed by atoms with Gasteiger partial charge in [-0.15, -0.1) is 0 Å². The topological polar surface area (TPSA) is 38.8 Å². The van der Waals surface area contributed by atoms with Crippen molar-refractivity contribution in [2.24, 2.45) is 5.92 Å². The molecule has 142 valence electrons. The van der Waals surface area contributed by atoms with Gasteiger partial charge in [0, 0.05) is 19.2 Å². The van der Waals surface area contributed by atoms with Gasteiger partial charge in [-0.1, -0.05) is 43.3 Å².